The second kappa shape index (κ2) is 9.78. The SMILES string of the molecule is CC(C)Nc1ncc(-c2cc(-c3ccccc3CN)nc(NCCN(C)C)n2)s1. The molecular formula is C21H29N7S. The van der Waals surface area contributed by atoms with E-state index in [9.17, 15) is 0 Å². The highest BCUT2D eigenvalue weighted by Gasteiger charge is 2.13. The van der Waals surface area contributed by atoms with Gasteiger partial charge in [-0.1, -0.05) is 35.6 Å². The molecule has 0 saturated carbocycles. The smallest absolute Gasteiger partial charge is 0.223 e. The van der Waals surface area contributed by atoms with Crippen molar-refractivity contribution < 1.29 is 0 Å². The van der Waals surface area contributed by atoms with Crippen LogP contribution >= 0.6 is 11.3 Å². The summed E-state index contributed by atoms with van der Waals surface area (Å²) in [5.74, 6) is 0.609. The third-order valence-electron chi connectivity index (χ3n) is 4.25. The van der Waals surface area contributed by atoms with Crippen molar-refractivity contribution in [2.75, 3.05) is 37.8 Å². The molecule has 4 N–H and O–H groups in total. The molecule has 0 aliphatic carbocycles. The topological polar surface area (TPSA) is 92.0 Å². The van der Waals surface area contributed by atoms with Gasteiger partial charge in [0, 0.05) is 37.4 Å². The molecule has 2 heterocycles. The summed E-state index contributed by atoms with van der Waals surface area (Å²) in [7, 11) is 4.09. The molecule has 0 saturated heterocycles. The summed E-state index contributed by atoms with van der Waals surface area (Å²) in [6.07, 6.45) is 1.86. The van der Waals surface area contributed by atoms with Gasteiger partial charge in [0.15, 0.2) is 5.13 Å². The highest BCUT2D eigenvalue weighted by atomic mass is 32.1. The molecule has 1 aromatic carbocycles. The lowest BCUT2D eigenvalue weighted by atomic mass is 10.0. The molecule has 3 aromatic rings. The Bertz CT molecular complexity index is 936. The van der Waals surface area contributed by atoms with Crippen LogP contribution in [0.1, 0.15) is 19.4 Å². The van der Waals surface area contributed by atoms with Crippen LogP contribution in [0.15, 0.2) is 36.5 Å². The van der Waals surface area contributed by atoms with Gasteiger partial charge in [-0.25, -0.2) is 15.0 Å². The lowest BCUT2D eigenvalue weighted by Crippen LogP contribution is -2.21. The third kappa shape index (κ3) is 5.72. The standard InChI is InChI=1S/C21H29N7S/c1-14(2)25-21-24-13-19(29-21)18-11-17(16-8-6-5-7-15(16)12-22)26-20(27-18)23-9-10-28(3)4/h5-8,11,13-14H,9-10,12,22H2,1-4H3,(H,24,25)(H,23,26,27). The number of hydrogen-bond acceptors (Lipinski definition) is 8. The van der Waals surface area contributed by atoms with Crippen LogP contribution in [0.25, 0.3) is 21.8 Å². The second-order valence-electron chi connectivity index (χ2n) is 7.38. The third-order valence-corrected chi connectivity index (χ3v) is 5.20. The molecule has 0 bridgehead atoms. The van der Waals surface area contributed by atoms with Crippen LogP contribution in [0.4, 0.5) is 11.1 Å². The van der Waals surface area contributed by atoms with Crippen molar-refractivity contribution in [2.45, 2.75) is 26.4 Å². The average molecular weight is 412 g/mol. The van der Waals surface area contributed by atoms with E-state index < -0.39 is 0 Å². The first kappa shape index (κ1) is 21.2. The van der Waals surface area contributed by atoms with Crippen molar-refractivity contribution in [1.82, 2.24) is 19.9 Å². The van der Waals surface area contributed by atoms with E-state index in [2.05, 4.69) is 40.4 Å². The molecule has 0 spiro atoms. The lowest BCUT2D eigenvalue weighted by Gasteiger charge is -2.13. The summed E-state index contributed by atoms with van der Waals surface area (Å²) in [6, 6.07) is 10.4. The van der Waals surface area contributed by atoms with E-state index in [0.29, 0.717) is 18.5 Å². The lowest BCUT2D eigenvalue weighted by molar-refractivity contribution is 0.425. The number of nitrogens with one attached hydrogen (secondary N) is 2. The van der Waals surface area contributed by atoms with Gasteiger partial charge in [0.05, 0.1) is 16.3 Å². The van der Waals surface area contributed by atoms with Gasteiger partial charge in [-0.15, -0.1) is 0 Å². The number of nitrogens with two attached hydrogens (primary N) is 1. The van der Waals surface area contributed by atoms with Crippen molar-refractivity contribution in [3.05, 3.63) is 42.1 Å². The van der Waals surface area contributed by atoms with Crippen molar-refractivity contribution in [1.29, 1.82) is 0 Å². The Morgan fingerprint density at radius 2 is 1.90 bits per heavy atom. The maximum atomic E-state index is 5.96. The van der Waals surface area contributed by atoms with Gasteiger partial charge >= 0.3 is 0 Å². The Balaban J connectivity index is 1.99. The van der Waals surface area contributed by atoms with E-state index in [0.717, 1.165) is 45.6 Å². The maximum absolute atomic E-state index is 5.96. The van der Waals surface area contributed by atoms with Gasteiger partial charge in [0.25, 0.3) is 0 Å². The van der Waals surface area contributed by atoms with Crippen LogP contribution in [0.3, 0.4) is 0 Å². The van der Waals surface area contributed by atoms with E-state index in [1.165, 1.54) is 0 Å². The normalized spacial score (nSPS) is 11.3. The minimum Gasteiger partial charge on any atom is -0.359 e. The molecule has 0 aliphatic rings. The number of thiazole rings is 1. The summed E-state index contributed by atoms with van der Waals surface area (Å²) in [6.45, 7) is 6.31. The quantitative estimate of drug-likeness (QED) is 0.496. The fourth-order valence-corrected chi connectivity index (χ4v) is 3.76. The van der Waals surface area contributed by atoms with Crippen molar-refractivity contribution >= 4 is 22.4 Å². The van der Waals surface area contributed by atoms with E-state index >= 15 is 0 Å². The molecule has 154 valence electrons. The van der Waals surface area contributed by atoms with Gasteiger partial charge in [-0.3, -0.25) is 0 Å². The van der Waals surface area contributed by atoms with Crippen LogP contribution in [-0.4, -0.2) is 53.1 Å². The number of aromatic nitrogens is 3. The summed E-state index contributed by atoms with van der Waals surface area (Å²) >= 11 is 1.59. The number of benzene rings is 1. The molecule has 8 heteroatoms. The molecular weight excluding hydrogens is 382 g/mol. The molecule has 0 atom stereocenters. The average Bonchev–Trinajstić information content (AvgIpc) is 3.15. The molecule has 0 radical (unpaired) electrons. The molecule has 0 amide bonds. The zero-order chi connectivity index (χ0) is 20.8. The highest BCUT2D eigenvalue weighted by molar-refractivity contribution is 7.18. The first-order valence-corrected chi connectivity index (χ1v) is 10.6. The predicted molar refractivity (Wildman–Crippen MR) is 122 cm³/mol. The number of likely N-dealkylation sites (N-methyl/N-ethyl adjacent to an activating group) is 1. The van der Waals surface area contributed by atoms with Crippen LogP contribution in [0.2, 0.25) is 0 Å². The fourth-order valence-electron chi connectivity index (χ4n) is 2.84. The Kier molecular flexibility index (Phi) is 7.13. The first-order valence-electron chi connectivity index (χ1n) is 9.75. The Morgan fingerprint density at radius 1 is 1.14 bits per heavy atom. The van der Waals surface area contributed by atoms with Crippen LogP contribution in [-0.2, 0) is 6.54 Å². The summed E-state index contributed by atoms with van der Waals surface area (Å²) in [4.78, 5) is 17.1. The molecule has 3 rings (SSSR count). The van der Waals surface area contributed by atoms with E-state index in [1.54, 1.807) is 11.3 Å². The summed E-state index contributed by atoms with van der Waals surface area (Å²) in [5.41, 5.74) is 9.75. The van der Waals surface area contributed by atoms with Crippen molar-refractivity contribution in [2.24, 2.45) is 5.73 Å². The number of anilines is 2. The Hall–Kier alpha value is -2.55. The predicted octanol–water partition coefficient (Wildman–Crippen LogP) is 3.52. The number of nitrogens with zero attached hydrogens (tertiary/aromatic N) is 4. The van der Waals surface area contributed by atoms with Crippen molar-refractivity contribution in [3.8, 4) is 21.8 Å². The fraction of sp³-hybridized carbons (Fsp3) is 0.381. The van der Waals surface area contributed by atoms with Gasteiger partial charge in [0.2, 0.25) is 5.95 Å². The monoisotopic (exact) mass is 411 g/mol. The molecule has 0 aliphatic heterocycles. The van der Waals surface area contributed by atoms with E-state index in [1.807, 2.05) is 44.6 Å². The molecule has 0 unspecified atom stereocenters. The molecule has 29 heavy (non-hydrogen) atoms. The highest BCUT2D eigenvalue weighted by Crippen LogP contribution is 2.32. The van der Waals surface area contributed by atoms with Gasteiger partial charge in [-0.2, -0.15) is 0 Å². The van der Waals surface area contributed by atoms with Gasteiger partial charge in [0.1, 0.15) is 0 Å². The van der Waals surface area contributed by atoms with Crippen molar-refractivity contribution in [3.63, 3.8) is 0 Å². The minimum absolute atomic E-state index is 0.328. The van der Waals surface area contributed by atoms with Crippen LogP contribution in [0, 0.1) is 0 Å². The zero-order valence-electron chi connectivity index (χ0n) is 17.4. The van der Waals surface area contributed by atoms with E-state index in [4.69, 9.17) is 15.7 Å². The summed E-state index contributed by atoms with van der Waals surface area (Å²) in [5, 5.41) is 7.58. The zero-order valence-corrected chi connectivity index (χ0v) is 18.3. The Morgan fingerprint density at radius 3 is 2.62 bits per heavy atom. The van der Waals surface area contributed by atoms with Gasteiger partial charge in [-0.05, 0) is 39.6 Å². The van der Waals surface area contributed by atoms with E-state index in [-0.39, 0.29) is 0 Å². The minimum atomic E-state index is 0.328. The molecule has 2 aromatic heterocycles. The number of rotatable bonds is 9. The van der Waals surface area contributed by atoms with Crippen LogP contribution < -0.4 is 16.4 Å². The second-order valence-corrected chi connectivity index (χ2v) is 8.41. The first-order chi connectivity index (χ1) is 14.0. The molecule has 0 fully saturated rings. The van der Waals surface area contributed by atoms with Gasteiger partial charge < -0.3 is 21.3 Å². The molecule has 7 nitrogen and oxygen atoms in total. The Labute approximate surface area is 176 Å². The maximum Gasteiger partial charge on any atom is 0.223 e. The number of hydrogen-bond donors (Lipinski definition) is 3. The summed E-state index contributed by atoms with van der Waals surface area (Å²) < 4.78 is 0. The largest absolute Gasteiger partial charge is 0.359 e. The van der Waals surface area contributed by atoms with Crippen LogP contribution in [0.5, 0.6) is 0 Å².